The normalized spacial score (nSPS) is 16.0. The van der Waals surface area contributed by atoms with Gasteiger partial charge < -0.3 is 5.11 Å². The van der Waals surface area contributed by atoms with Crippen LogP contribution in [0.4, 0.5) is 0 Å². The van der Waals surface area contributed by atoms with E-state index in [1.165, 1.54) is 27.8 Å². The highest BCUT2D eigenvalue weighted by molar-refractivity contribution is 5.81. The van der Waals surface area contributed by atoms with Crippen molar-refractivity contribution in [2.75, 3.05) is 0 Å². The number of aliphatic hydroxyl groups is 1. The molecule has 0 aromatic heterocycles. The molecule has 25 heavy (non-hydrogen) atoms. The Bertz CT molecular complexity index is 809. The molecule has 1 aliphatic rings. The Balaban J connectivity index is 2.26. The number of hydrogen-bond donors (Lipinski definition) is 1. The Kier molecular flexibility index (Phi) is 5.13. The zero-order valence-electron chi connectivity index (χ0n) is 15.5. The summed E-state index contributed by atoms with van der Waals surface area (Å²) in [5.41, 5.74) is 7.49. The van der Waals surface area contributed by atoms with Gasteiger partial charge in [-0.2, -0.15) is 0 Å². The number of aliphatic hydroxyl groups excluding tert-OH is 1. The van der Waals surface area contributed by atoms with Crippen molar-refractivity contribution in [3.8, 4) is 11.1 Å². The summed E-state index contributed by atoms with van der Waals surface area (Å²) in [6.45, 7) is 10.6. The molecule has 0 fully saturated rings. The topological polar surface area (TPSA) is 20.2 Å². The molecule has 1 N–H and O–H groups in total. The Morgan fingerprint density at radius 2 is 1.88 bits per heavy atom. The van der Waals surface area contributed by atoms with Crippen LogP contribution in [0.25, 0.3) is 23.3 Å². The molecule has 1 unspecified atom stereocenters. The van der Waals surface area contributed by atoms with E-state index < -0.39 is 0 Å². The van der Waals surface area contributed by atoms with Crippen LogP contribution in [0.5, 0.6) is 0 Å². The molecule has 1 atom stereocenters. The SMILES string of the molecule is C=Cc1cccc(-c2c(CC)ccc3c2C(C(CC)CC)C(O)=C3)c1. The van der Waals surface area contributed by atoms with Gasteiger partial charge in [0, 0.05) is 5.92 Å². The first kappa shape index (κ1) is 17.5. The van der Waals surface area contributed by atoms with E-state index in [4.69, 9.17) is 0 Å². The first-order chi connectivity index (χ1) is 12.1. The van der Waals surface area contributed by atoms with E-state index in [1.807, 2.05) is 12.2 Å². The second-order valence-electron chi connectivity index (χ2n) is 6.91. The molecule has 0 heterocycles. The molecule has 0 saturated carbocycles. The highest BCUT2D eigenvalue weighted by Gasteiger charge is 2.33. The molecular weight excluding hydrogens is 304 g/mol. The Hall–Kier alpha value is -2.28. The second kappa shape index (κ2) is 7.31. The minimum absolute atomic E-state index is 0.110. The van der Waals surface area contributed by atoms with E-state index in [0.717, 1.165) is 24.8 Å². The Labute approximate surface area is 151 Å². The molecule has 0 aliphatic heterocycles. The summed E-state index contributed by atoms with van der Waals surface area (Å²) in [4.78, 5) is 0. The van der Waals surface area contributed by atoms with Crippen LogP contribution >= 0.6 is 0 Å². The van der Waals surface area contributed by atoms with Gasteiger partial charge in [0.05, 0.1) is 0 Å². The fraction of sp³-hybridized carbons (Fsp3) is 0.333. The quantitative estimate of drug-likeness (QED) is 0.604. The first-order valence-corrected chi connectivity index (χ1v) is 9.43. The van der Waals surface area contributed by atoms with Crippen LogP contribution < -0.4 is 0 Å². The lowest BCUT2D eigenvalue weighted by atomic mass is 9.78. The number of hydrogen-bond acceptors (Lipinski definition) is 1. The average molecular weight is 332 g/mol. The average Bonchev–Trinajstić information content (AvgIpc) is 2.98. The molecule has 0 spiro atoms. The maximum absolute atomic E-state index is 10.7. The van der Waals surface area contributed by atoms with E-state index in [1.54, 1.807) is 0 Å². The summed E-state index contributed by atoms with van der Waals surface area (Å²) in [6, 6.07) is 13.0. The van der Waals surface area contributed by atoms with Crippen molar-refractivity contribution < 1.29 is 5.11 Å². The summed E-state index contributed by atoms with van der Waals surface area (Å²) in [6.07, 6.45) is 6.99. The van der Waals surface area contributed by atoms with Crippen molar-refractivity contribution in [3.63, 3.8) is 0 Å². The fourth-order valence-electron chi connectivity index (χ4n) is 4.23. The molecule has 2 aromatic rings. The van der Waals surface area contributed by atoms with Crippen LogP contribution in [0.1, 0.15) is 61.8 Å². The number of allylic oxidation sites excluding steroid dienone is 1. The lowest BCUT2D eigenvalue weighted by Crippen LogP contribution is -2.13. The number of rotatable bonds is 6. The van der Waals surface area contributed by atoms with Gasteiger partial charge in [0.1, 0.15) is 5.76 Å². The zero-order chi connectivity index (χ0) is 18.0. The van der Waals surface area contributed by atoms with Gasteiger partial charge in [-0.1, -0.05) is 76.6 Å². The third-order valence-electron chi connectivity index (χ3n) is 5.61. The molecule has 1 aliphatic carbocycles. The lowest BCUT2D eigenvalue weighted by Gasteiger charge is -2.26. The van der Waals surface area contributed by atoms with E-state index in [9.17, 15) is 5.11 Å². The van der Waals surface area contributed by atoms with Crippen LogP contribution in [0, 0.1) is 5.92 Å². The molecule has 1 heteroatoms. The largest absolute Gasteiger partial charge is 0.512 e. The van der Waals surface area contributed by atoms with Crippen molar-refractivity contribution in [1.29, 1.82) is 0 Å². The van der Waals surface area contributed by atoms with Gasteiger partial charge in [0.25, 0.3) is 0 Å². The van der Waals surface area contributed by atoms with Crippen LogP contribution in [-0.2, 0) is 6.42 Å². The molecule has 0 bridgehead atoms. The van der Waals surface area contributed by atoms with Gasteiger partial charge in [0.2, 0.25) is 0 Å². The highest BCUT2D eigenvalue weighted by atomic mass is 16.3. The van der Waals surface area contributed by atoms with Crippen molar-refractivity contribution in [1.82, 2.24) is 0 Å². The van der Waals surface area contributed by atoms with Crippen LogP contribution in [-0.4, -0.2) is 5.11 Å². The van der Waals surface area contributed by atoms with Crippen molar-refractivity contribution >= 4 is 12.2 Å². The molecule has 2 aromatic carbocycles. The number of fused-ring (bicyclic) bond motifs is 1. The van der Waals surface area contributed by atoms with Crippen molar-refractivity contribution in [3.05, 3.63) is 71.0 Å². The van der Waals surface area contributed by atoms with Crippen LogP contribution in [0.15, 0.2) is 48.7 Å². The maximum atomic E-state index is 10.7. The van der Waals surface area contributed by atoms with Crippen molar-refractivity contribution in [2.45, 2.75) is 46.0 Å². The number of aryl methyl sites for hydroxylation is 1. The third kappa shape index (κ3) is 3.04. The molecule has 130 valence electrons. The predicted molar refractivity (Wildman–Crippen MR) is 109 cm³/mol. The fourth-order valence-corrected chi connectivity index (χ4v) is 4.23. The molecule has 0 amide bonds. The predicted octanol–water partition coefficient (Wildman–Crippen LogP) is 6.99. The summed E-state index contributed by atoms with van der Waals surface area (Å²) in [7, 11) is 0. The first-order valence-electron chi connectivity index (χ1n) is 9.43. The second-order valence-corrected chi connectivity index (χ2v) is 6.91. The van der Waals surface area contributed by atoms with Gasteiger partial charge >= 0.3 is 0 Å². The standard InChI is InChI=1S/C24H28O/c1-5-16-10-9-11-19(14-16)22-18(8-4)12-13-20-15-21(25)23(24(20)22)17(6-2)7-3/h5,9-15,17,23,25H,1,6-8H2,2-4H3. The molecular formula is C24H28O. The highest BCUT2D eigenvalue weighted by Crippen LogP contribution is 2.48. The zero-order valence-corrected chi connectivity index (χ0v) is 15.5. The number of benzene rings is 2. The van der Waals surface area contributed by atoms with Gasteiger partial charge in [0.15, 0.2) is 0 Å². The molecule has 0 radical (unpaired) electrons. The maximum Gasteiger partial charge on any atom is 0.101 e. The van der Waals surface area contributed by atoms with Crippen LogP contribution in [0.3, 0.4) is 0 Å². The lowest BCUT2D eigenvalue weighted by molar-refractivity contribution is 0.313. The van der Waals surface area contributed by atoms with E-state index >= 15 is 0 Å². The van der Waals surface area contributed by atoms with Crippen molar-refractivity contribution in [2.24, 2.45) is 5.92 Å². The minimum atomic E-state index is 0.110. The summed E-state index contributed by atoms with van der Waals surface area (Å²) < 4.78 is 0. The van der Waals surface area contributed by atoms with Crippen LogP contribution in [0.2, 0.25) is 0 Å². The van der Waals surface area contributed by atoms with Gasteiger partial charge in [-0.05, 0) is 57.9 Å². The molecule has 3 rings (SSSR count). The molecule has 1 nitrogen and oxygen atoms in total. The molecule has 0 saturated heterocycles. The van der Waals surface area contributed by atoms with E-state index in [2.05, 4.69) is 63.7 Å². The van der Waals surface area contributed by atoms with Gasteiger partial charge in [-0.3, -0.25) is 0 Å². The van der Waals surface area contributed by atoms with E-state index in [-0.39, 0.29) is 5.92 Å². The monoisotopic (exact) mass is 332 g/mol. The van der Waals surface area contributed by atoms with Gasteiger partial charge in [-0.25, -0.2) is 0 Å². The van der Waals surface area contributed by atoms with E-state index in [0.29, 0.717) is 11.7 Å². The summed E-state index contributed by atoms with van der Waals surface area (Å²) in [5, 5.41) is 10.7. The summed E-state index contributed by atoms with van der Waals surface area (Å²) in [5.74, 6) is 1.10. The smallest absolute Gasteiger partial charge is 0.101 e. The third-order valence-corrected chi connectivity index (χ3v) is 5.61. The Morgan fingerprint density at radius 1 is 1.12 bits per heavy atom. The minimum Gasteiger partial charge on any atom is -0.512 e. The van der Waals surface area contributed by atoms with Gasteiger partial charge in [-0.15, -0.1) is 0 Å². The summed E-state index contributed by atoms with van der Waals surface area (Å²) >= 11 is 0. The Morgan fingerprint density at radius 3 is 2.52 bits per heavy atom.